The van der Waals surface area contributed by atoms with Crippen LogP contribution >= 0.6 is 0 Å². The number of nitriles is 1. The van der Waals surface area contributed by atoms with Crippen LogP contribution in [0.2, 0.25) is 0 Å². The zero-order valence-corrected chi connectivity index (χ0v) is 23.1. The van der Waals surface area contributed by atoms with Gasteiger partial charge in [0.1, 0.15) is 0 Å². The number of likely N-dealkylation sites (tertiary alicyclic amines) is 1. The highest BCUT2D eigenvalue weighted by Crippen LogP contribution is 2.36. The molecule has 0 unspecified atom stereocenters. The van der Waals surface area contributed by atoms with Crippen LogP contribution in [0.15, 0.2) is 66.9 Å². The van der Waals surface area contributed by atoms with Gasteiger partial charge in [-0.2, -0.15) is 5.26 Å². The van der Waals surface area contributed by atoms with E-state index in [0.717, 1.165) is 22.5 Å². The molecule has 2 aromatic carbocycles. The normalized spacial score (nSPS) is 15.4. The van der Waals surface area contributed by atoms with Crippen LogP contribution in [0.1, 0.15) is 18.4 Å². The second kappa shape index (κ2) is 10.6. The molecule has 0 aliphatic carbocycles. The van der Waals surface area contributed by atoms with E-state index in [1.165, 1.54) is 17.6 Å². The molecule has 0 radical (unpaired) electrons. The van der Waals surface area contributed by atoms with Gasteiger partial charge < -0.3 is 11.1 Å². The third-order valence-corrected chi connectivity index (χ3v) is 8.60. The highest BCUT2D eigenvalue weighted by Gasteiger charge is 2.36. The number of carbonyl (C=O) groups is 1. The first-order valence-corrected chi connectivity index (χ1v) is 14.6. The van der Waals surface area contributed by atoms with E-state index >= 15 is 0 Å². The molecule has 0 spiro atoms. The first-order valence-electron chi connectivity index (χ1n) is 12.8. The fraction of sp³-hybridized carbons (Fsp3) is 0.286. The summed E-state index contributed by atoms with van der Waals surface area (Å²) in [6.45, 7) is 1.47. The number of rotatable bonds is 8. The smallest absolute Gasteiger partial charge is 0.245 e. The largest absolute Gasteiger partial charge is 0.369 e. The second-order valence-corrected chi connectivity index (χ2v) is 12.0. The van der Waals surface area contributed by atoms with E-state index in [1.807, 2.05) is 53.4 Å². The van der Waals surface area contributed by atoms with Crippen LogP contribution < -0.4 is 15.4 Å². The molecule has 3 heterocycles. The summed E-state index contributed by atoms with van der Waals surface area (Å²) in [6, 6.07) is 21.2. The molecular formula is C28H30N8O3S. The molecule has 40 heavy (non-hydrogen) atoms. The van der Waals surface area contributed by atoms with Crippen LogP contribution in [0.3, 0.4) is 0 Å². The van der Waals surface area contributed by atoms with E-state index in [-0.39, 0.29) is 12.5 Å². The molecule has 0 saturated carbocycles. The maximum Gasteiger partial charge on any atom is 0.245 e. The highest BCUT2D eigenvalue weighted by molar-refractivity contribution is 7.92. The Kier molecular flexibility index (Phi) is 7.18. The molecule has 1 aliphatic rings. The Morgan fingerprint density at radius 3 is 2.48 bits per heavy atom. The van der Waals surface area contributed by atoms with Crippen molar-refractivity contribution in [3.63, 3.8) is 0 Å². The monoisotopic (exact) mass is 558 g/mol. The van der Waals surface area contributed by atoms with E-state index in [4.69, 9.17) is 5.73 Å². The summed E-state index contributed by atoms with van der Waals surface area (Å²) in [5.41, 5.74) is 9.13. The lowest BCUT2D eigenvalue weighted by Gasteiger charge is -2.37. The number of amides is 1. The van der Waals surface area contributed by atoms with Gasteiger partial charge in [-0.1, -0.05) is 30.3 Å². The second-order valence-electron chi connectivity index (χ2n) is 10.0. The molecule has 1 saturated heterocycles. The van der Waals surface area contributed by atoms with Gasteiger partial charge in [-0.3, -0.25) is 14.0 Å². The number of sulfonamides is 1. The fourth-order valence-corrected chi connectivity index (χ4v) is 5.60. The molecule has 4 aromatic rings. The number of carbonyl (C=O) groups excluding carboxylic acids is 1. The molecule has 2 aromatic heterocycles. The average molecular weight is 559 g/mol. The molecule has 1 amide bonds. The van der Waals surface area contributed by atoms with Gasteiger partial charge in [-0.25, -0.2) is 17.9 Å². The summed E-state index contributed by atoms with van der Waals surface area (Å²) < 4.78 is 27.5. The number of para-hydroxylation sites is 1. The summed E-state index contributed by atoms with van der Waals surface area (Å²) >= 11 is 0. The molecule has 1 aliphatic heterocycles. The van der Waals surface area contributed by atoms with Gasteiger partial charge in [0, 0.05) is 31.4 Å². The Labute approximate surface area is 232 Å². The lowest BCUT2D eigenvalue weighted by atomic mass is 9.74. The van der Waals surface area contributed by atoms with E-state index in [2.05, 4.69) is 21.5 Å². The molecule has 206 valence electrons. The van der Waals surface area contributed by atoms with Gasteiger partial charge >= 0.3 is 0 Å². The van der Waals surface area contributed by atoms with Crippen molar-refractivity contribution in [2.75, 3.05) is 42.6 Å². The fourth-order valence-electron chi connectivity index (χ4n) is 5.09. The number of hydrogen-bond donors (Lipinski definition) is 2. The van der Waals surface area contributed by atoms with Crippen LogP contribution in [0.4, 0.5) is 17.3 Å². The molecule has 11 nitrogen and oxygen atoms in total. The van der Waals surface area contributed by atoms with Crippen LogP contribution in [0.25, 0.3) is 16.8 Å². The Morgan fingerprint density at radius 1 is 1.12 bits per heavy atom. The van der Waals surface area contributed by atoms with Crippen molar-refractivity contribution in [1.29, 1.82) is 5.26 Å². The van der Waals surface area contributed by atoms with E-state index in [9.17, 15) is 18.5 Å². The number of fused-ring (bicyclic) bond motifs is 1. The summed E-state index contributed by atoms with van der Waals surface area (Å²) in [5.74, 6) is -0.000760. The predicted molar refractivity (Wildman–Crippen MR) is 154 cm³/mol. The van der Waals surface area contributed by atoms with Crippen molar-refractivity contribution >= 4 is 38.8 Å². The number of anilines is 3. The van der Waals surface area contributed by atoms with Crippen LogP contribution in [-0.4, -0.2) is 66.8 Å². The van der Waals surface area contributed by atoms with Crippen molar-refractivity contribution in [3.05, 3.63) is 72.4 Å². The van der Waals surface area contributed by atoms with Gasteiger partial charge in [0.2, 0.25) is 21.9 Å². The summed E-state index contributed by atoms with van der Waals surface area (Å²) in [6.07, 6.45) is 4.10. The number of piperidine rings is 1. The summed E-state index contributed by atoms with van der Waals surface area (Å²) in [4.78, 5) is 17.7. The van der Waals surface area contributed by atoms with Crippen molar-refractivity contribution in [2.24, 2.45) is 5.73 Å². The minimum Gasteiger partial charge on any atom is -0.369 e. The van der Waals surface area contributed by atoms with Crippen LogP contribution in [0.5, 0.6) is 0 Å². The lowest BCUT2D eigenvalue weighted by molar-refractivity contribution is -0.119. The minimum atomic E-state index is -3.46. The Morgan fingerprint density at radius 2 is 1.82 bits per heavy atom. The molecular weight excluding hydrogens is 528 g/mol. The van der Waals surface area contributed by atoms with Gasteiger partial charge in [0.25, 0.3) is 0 Å². The summed E-state index contributed by atoms with van der Waals surface area (Å²) in [5, 5.41) is 17.9. The zero-order valence-electron chi connectivity index (χ0n) is 22.3. The lowest BCUT2D eigenvalue weighted by Crippen LogP contribution is -2.45. The molecule has 0 bridgehead atoms. The number of benzene rings is 2. The zero-order chi connectivity index (χ0) is 28.5. The Hall–Kier alpha value is -4.47. The maximum absolute atomic E-state index is 12.2. The molecule has 12 heteroatoms. The average Bonchev–Trinajstić information content (AvgIpc) is 3.36. The van der Waals surface area contributed by atoms with E-state index < -0.39 is 15.4 Å². The van der Waals surface area contributed by atoms with Gasteiger partial charge in [-0.15, -0.1) is 5.10 Å². The Bertz CT molecular complexity index is 1700. The number of aromatic nitrogens is 3. The minimum absolute atomic E-state index is 0.206. The number of nitrogens with two attached hydrogens (primary N) is 1. The highest BCUT2D eigenvalue weighted by atomic mass is 32.2. The van der Waals surface area contributed by atoms with E-state index in [1.54, 1.807) is 22.8 Å². The van der Waals surface area contributed by atoms with Crippen molar-refractivity contribution in [2.45, 2.75) is 18.3 Å². The Balaban J connectivity index is 1.38. The quantitative estimate of drug-likeness (QED) is 0.335. The van der Waals surface area contributed by atoms with Crippen LogP contribution in [-0.2, 0) is 20.2 Å². The van der Waals surface area contributed by atoms with Gasteiger partial charge in [-0.05, 0) is 48.7 Å². The topological polar surface area (TPSA) is 150 Å². The first kappa shape index (κ1) is 27.1. The standard InChI is InChI=1S/C28H30N8O3S/c1-34(40(2,38)39)24-6-4-3-5-23(24)25-12-11-22-17-31-27(33-36(22)25)32-21-9-7-20(8-10-21)28(19-29)13-15-35(16-14-28)18-26(30)37/h3-12,17H,13-16,18H2,1-2H3,(H2,30,37)(H,32,33). The molecule has 1 fully saturated rings. The number of nitrogens with one attached hydrogen (secondary N) is 1. The third-order valence-electron chi connectivity index (χ3n) is 7.41. The van der Waals surface area contributed by atoms with Crippen molar-refractivity contribution in [1.82, 2.24) is 19.5 Å². The van der Waals surface area contributed by atoms with Gasteiger partial charge in [0.05, 0.1) is 47.4 Å². The SMILES string of the molecule is CN(c1ccccc1-c1ccc2cnc(Nc3ccc(C4(C#N)CCN(CC(N)=O)CC4)cc3)nn12)S(C)(=O)=O. The predicted octanol–water partition coefficient (Wildman–Crippen LogP) is 2.88. The number of hydrogen-bond acceptors (Lipinski definition) is 8. The van der Waals surface area contributed by atoms with Gasteiger partial charge in [0.15, 0.2) is 0 Å². The maximum atomic E-state index is 12.2. The third kappa shape index (κ3) is 5.34. The molecule has 5 rings (SSSR count). The number of primary amides is 1. The van der Waals surface area contributed by atoms with Crippen molar-refractivity contribution < 1.29 is 13.2 Å². The van der Waals surface area contributed by atoms with E-state index in [0.29, 0.717) is 43.1 Å². The first-order chi connectivity index (χ1) is 19.1. The molecule has 0 atom stereocenters. The van der Waals surface area contributed by atoms with Crippen LogP contribution in [0, 0.1) is 11.3 Å². The van der Waals surface area contributed by atoms with Crippen molar-refractivity contribution in [3.8, 4) is 17.3 Å². The number of nitrogens with zero attached hydrogens (tertiary/aromatic N) is 6. The molecule has 3 N–H and O–H groups in total. The summed E-state index contributed by atoms with van der Waals surface area (Å²) in [7, 11) is -1.94.